The van der Waals surface area contributed by atoms with E-state index in [1.807, 2.05) is 12.3 Å². The molecule has 20 heavy (non-hydrogen) atoms. The number of anilines is 1. The van der Waals surface area contributed by atoms with Gasteiger partial charge in [0.2, 0.25) is 0 Å². The van der Waals surface area contributed by atoms with Crippen molar-refractivity contribution >= 4 is 44.5 Å². The van der Waals surface area contributed by atoms with Gasteiger partial charge in [0.05, 0.1) is 11.9 Å². The number of fused-ring (bicyclic) bond motifs is 1. The van der Waals surface area contributed by atoms with Crippen molar-refractivity contribution in [2.75, 3.05) is 5.73 Å². The maximum Gasteiger partial charge on any atom is 0.263 e. The van der Waals surface area contributed by atoms with Crippen LogP contribution in [0.15, 0.2) is 23.0 Å². The molecule has 0 atom stereocenters. The van der Waals surface area contributed by atoms with Crippen molar-refractivity contribution in [1.29, 1.82) is 0 Å². The Morgan fingerprint density at radius 2 is 2.30 bits per heavy atom. The molecule has 0 spiro atoms. The van der Waals surface area contributed by atoms with Gasteiger partial charge in [0, 0.05) is 11.9 Å². The summed E-state index contributed by atoms with van der Waals surface area (Å²) in [4.78, 5) is 13.4. The second-order valence-electron chi connectivity index (χ2n) is 4.36. The highest BCUT2D eigenvalue weighted by molar-refractivity contribution is 7.21. The summed E-state index contributed by atoms with van der Waals surface area (Å²) < 4.78 is 0. The molecule has 3 aromatic rings. The van der Waals surface area contributed by atoms with Crippen LogP contribution in [0.4, 0.5) is 5.69 Å². The molecule has 0 aliphatic heterocycles. The molecular formula is C13H12N4OS2. The van der Waals surface area contributed by atoms with E-state index in [-0.39, 0.29) is 5.91 Å². The number of hydrogen-bond donors (Lipinski definition) is 2. The number of amides is 1. The van der Waals surface area contributed by atoms with Crippen molar-refractivity contribution in [1.82, 2.24) is 15.5 Å². The molecule has 0 aliphatic carbocycles. The Balaban J connectivity index is 1.82. The highest BCUT2D eigenvalue weighted by atomic mass is 32.1. The average Bonchev–Trinajstić information content (AvgIpc) is 3.01. The minimum absolute atomic E-state index is 0.170. The molecule has 0 aliphatic rings. The maximum atomic E-state index is 12.2. The van der Waals surface area contributed by atoms with Crippen LogP contribution < -0.4 is 11.1 Å². The second kappa shape index (κ2) is 5.18. The lowest BCUT2D eigenvalue weighted by Crippen LogP contribution is -2.22. The molecule has 0 saturated carbocycles. The van der Waals surface area contributed by atoms with E-state index in [1.165, 1.54) is 16.9 Å². The van der Waals surface area contributed by atoms with Crippen molar-refractivity contribution in [3.8, 4) is 0 Å². The van der Waals surface area contributed by atoms with Gasteiger partial charge in [0.1, 0.15) is 9.71 Å². The van der Waals surface area contributed by atoms with Crippen LogP contribution in [0, 0.1) is 6.92 Å². The number of rotatable bonds is 3. The van der Waals surface area contributed by atoms with Crippen LogP contribution in [0.1, 0.15) is 20.8 Å². The summed E-state index contributed by atoms with van der Waals surface area (Å²) in [5.74, 6) is -0.170. The van der Waals surface area contributed by atoms with Gasteiger partial charge in [0.25, 0.3) is 5.91 Å². The Kier molecular flexibility index (Phi) is 3.37. The number of carbonyl (C=O) groups is 1. The third-order valence-corrected chi connectivity index (χ3v) is 5.04. The number of nitrogens with one attached hydrogen (secondary N) is 1. The summed E-state index contributed by atoms with van der Waals surface area (Å²) in [5, 5.41) is 15.5. The fourth-order valence-corrected chi connectivity index (χ4v) is 3.68. The van der Waals surface area contributed by atoms with Gasteiger partial charge in [-0.15, -0.1) is 16.4 Å². The Bertz CT molecular complexity index is 778. The molecule has 3 N–H and O–H groups in total. The molecule has 1 amide bonds. The first-order valence-electron chi connectivity index (χ1n) is 5.96. The number of aryl methyl sites for hydroxylation is 1. The van der Waals surface area contributed by atoms with Crippen molar-refractivity contribution in [2.24, 2.45) is 0 Å². The number of aromatic nitrogens is 2. The molecule has 3 rings (SSSR count). The van der Waals surface area contributed by atoms with Gasteiger partial charge < -0.3 is 11.1 Å². The van der Waals surface area contributed by atoms with Gasteiger partial charge in [-0.3, -0.25) is 4.79 Å². The van der Waals surface area contributed by atoms with Gasteiger partial charge in [-0.25, -0.2) is 0 Å². The lowest BCUT2D eigenvalue weighted by molar-refractivity contribution is 0.0956. The maximum absolute atomic E-state index is 12.2. The lowest BCUT2D eigenvalue weighted by atomic mass is 10.2. The minimum Gasteiger partial charge on any atom is -0.397 e. The quantitative estimate of drug-likeness (QED) is 0.779. The zero-order valence-electron chi connectivity index (χ0n) is 10.7. The molecule has 5 nitrogen and oxygen atoms in total. The zero-order chi connectivity index (χ0) is 14.1. The van der Waals surface area contributed by atoms with Crippen molar-refractivity contribution < 1.29 is 4.79 Å². The predicted octanol–water partition coefficient (Wildman–Crippen LogP) is 2.57. The predicted molar refractivity (Wildman–Crippen MR) is 82.1 cm³/mol. The smallest absolute Gasteiger partial charge is 0.263 e. The van der Waals surface area contributed by atoms with Crippen LogP contribution in [0.2, 0.25) is 0 Å². The normalized spacial score (nSPS) is 10.8. The molecule has 0 fully saturated rings. The zero-order valence-corrected chi connectivity index (χ0v) is 12.3. The fourth-order valence-electron chi connectivity index (χ4n) is 1.87. The number of thiophene rings is 2. The summed E-state index contributed by atoms with van der Waals surface area (Å²) in [6, 6.07) is 1.77. The standard InChI is InChI=1S/C13H12N4OS2/c1-7-5-19-6-8(7)4-15-12(18)11-10(14)9-2-3-16-17-13(9)20-11/h2-3,5-6H,4,14H2,1H3,(H,15,18). The SMILES string of the molecule is Cc1cscc1CNC(=O)c1sc2nnccc2c1N. The highest BCUT2D eigenvalue weighted by Gasteiger charge is 2.17. The van der Waals surface area contributed by atoms with Crippen LogP contribution in [-0.2, 0) is 6.54 Å². The highest BCUT2D eigenvalue weighted by Crippen LogP contribution is 2.31. The van der Waals surface area contributed by atoms with Gasteiger partial charge in [-0.1, -0.05) is 0 Å². The van der Waals surface area contributed by atoms with Crippen molar-refractivity contribution in [2.45, 2.75) is 13.5 Å². The van der Waals surface area contributed by atoms with E-state index in [0.717, 1.165) is 10.9 Å². The van der Waals surface area contributed by atoms with Gasteiger partial charge in [-0.05, 0) is 34.9 Å². The molecule has 7 heteroatoms. The van der Waals surface area contributed by atoms with Crippen LogP contribution in [0.25, 0.3) is 10.2 Å². The van der Waals surface area contributed by atoms with Crippen molar-refractivity contribution in [3.63, 3.8) is 0 Å². The van der Waals surface area contributed by atoms with Crippen LogP contribution in [0.3, 0.4) is 0 Å². The van der Waals surface area contributed by atoms with E-state index in [9.17, 15) is 4.79 Å². The summed E-state index contributed by atoms with van der Waals surface area (Å²) in [7, 11) is 0. The first kappa shape index (κ1) is 13.0. The molecule has 0 radical (unpaired) electrons. The molecule has 0 bridgehead atoms. The van der Waals surface area contributed by atoms with E-state index in [2.05, 4.69) is 20.9 Å². The van der Waals surface area contributed by atoms with E-state index >= 15 is 0 Å². The average molecular weight is 304 g/mol. The molecule has 3 aromatic heterocycles. The summed E-state index contributed by atoms with van der Waals surface area (Å²) >= 11 is 2.89. The van der Waals surface area contributed by atoms with E-state index in [0.29, 0.717) is 21.9 Å². The monoisotopic (exact) mass is 304 g/mol. The van der Waals surface area contributed by atoms with Gasteiger partial charge in [-0.2, -0.15) is 16.4 Å². The molecule has 102 valence electrons. The summed E-state index contributed by atoms with van der Waals surface area (Å²) in [5.41, 5.74) is 8.79. The number of nitrogens with zero attached hydrogens (tertiary/aromatic N) is 2. The molecular weight excluding hydrogens is 292 g/mol. The molecule has 3 heterocycles. The number of nitrogen functional groups attached to an aromatic ring is 1. The second-order valence-corrected chi connectivity index (χ2v) is 6.10. The van der Waals surface area contributed by atoms with E-state index in [1.54, 1.807) is 23.6 Å². The first-order chi connectivity index (χ1) is 9.66. The number of nitrogens with two attached hydrogens (primary N) is 1. The fraction of sp³-hybridized carbons (Fsp3) is 0.154. The number of carbonyl (C=O) groups excluding carboxylic acids is 1. The Labute approximate surface area is 123 Å². The minimum atomic E-state index is -0.170. The van der Waals surface area contributed by atoms with Crippen LogP contribution in [0.5, 0.6) is 0 Å². The Morgan fingerprint density at radius 1 is 1.45 bits per heavy atom. The summed E-state index contributed by atoms with van der Waals surface area (Å²) in [6.07, 6.45) is 1.57. The summed E-state index contributed by atoms with van der Waals surface area (Å²) in [6.45, 7) is 2.54. The van der Waals surface area contributed by atoms with Crippen LogP contribution in [-0.4, -0.2) is 16.1 Å². The van der Waals surface area contributed by atoms with E-state index < -0.39 is 0 Å². The Hall–Kier alpha value is -1.99. The van der Waals surface area contributed by atoms with Crippen molar-refractivity contribution in [3.05, 3.63) is 39.0 Å². The van der Waals surface area contributed by atoms with Gasteiger partial charge >= 0.3 is 0 Å². The topological polar surface area (TPSA) is 80.9 Å². The third-order valence-electron chi connectivity index (χ3n) is 3.03. The third kappa shape index (κ3) is 2.25. The van der Waals surface area contributed by atoms with Gasteiger partial charge in [0.15, 0.2) is 0 Å². The Morgan fingerprint density at radius 3 is 3.00 bits per heavy atom. The largest absolute Gasteiger partial charge is 0.397 e. The van der Waals surface area contributed by atoms with Crippen LogP contribution >= 0.6 is 22.7 Å². The molecule has 0 unspecified atom stereocenters. The molecule has 0 aromatic carbocycles. The van der Waals surface area contributed by atoms with E-state index in [4.69, 9.17) is 5.73 Å². The number of hydrogen-bond acceptors (Lipinski definition) is 6. The lowest BCUT2D eigenvalue weighted by Gasteiger charge is -2.04. The first-order valence-corrected chi connectivity index (χ1v) is 7.72. The molecule has 0 saturated heterocycles.